The van der Waals surface area contributed by atoms with Gasteiger partial charge in [0.1, 0.15) is 0 Å². The van der Waals surface area contributed by atoms with Crippen LogP contribution in [0.2, 0.25) is 0 Å². The number of nitrogens with zero attached hydrogens (tertiary/aromatic N) is 3. The molecule has 0 aromatic carbocycles. The van der Waals surface area contributed by atoms with Crippen molar-refractivity contribution in [2.75, 3.05) is 13.7 Å². The summed E-state index contributed by atoms with van der Waals surface area (Å²) < 4.78 is 11.1. The molecule has 2 aliphatic carbocycles. The van der Waals surface area contributed by atoms with Gasteiger partial charge in [-0.05, 0) is 39.5 Å². The molecule has 2 fully saturated rings. The quantitative estimate of drug-likeness (QED) is 0.766. The van der Waals surface area contributed by atoms with Crippen LogP contribution < -0.4 is 0 Å². The fraction of sp³-hybridized carbons (Fsp3) is 0.833. The Balaban J connectivity index is 1.51. The molecule has 1 spiro atoms. The van der Waals surface area contributed by atoms with Crippen molar-refractivity contribution in [1.29, 1.82) is 0 Å². The van der Waals surface area contributed by atoms with Crippen LogP contribution in [-0.4, -0.2) is 46.7 Å². The summed E-state index contributed by atoms with van der Waals surface area (Å²) in [5.74, 6) is 1.49. The van der Waals surface area contributed by atoms with Crippen molar-refractivity contribution >= 4 is 5.91 Å². The van der Waals surface area contributed by atoms with E-state index in [1.165, 1.54) is 25.7 Å². The molecule has 6 nitrogen and oxygen atoms in total. The molecule has 24 heavy (non-hydrogen) atoms. The molecule has 1 aromatic rings. The molecular weight excluding hydrogens is 306 g/mol. The highest BCUT2D eigenvalue weighted by Gasteiger charge is 2.58. The van der Waals surface area contributed by atoms with Crippen LogP contribution >= 0.6 is 0 Å². The lowest BCUT2D eigenvalue weighted by atomic mass is 9.60. The van der Waals surface area contributed by atoms with E-state index in [2.05, 4.69) is 17.1 Å². The fourth-order valence-corrected chi connectivity index (χ4v) is 4.58. The molecule has 2 saturated carbocycles. The predicted molar refractivity (Wildman–Crippen MR) is 89.5 cm³/mol. The zero-order valence-corrected chi connectivity index (χ0v) is 15.1. The largest absolute Gasteiger partial charge is 0.378 e. The molecule has 0 aliphatic heterocycles. The maximum absolute atomic E-state index is 12.6. The maximum Gasteiger partial charge on any atom is 0.226 e. The summed E-state index contributed by atoms with van der Waals surface area (Å²) in [5, 5.41) is 3.78. The molecule has 0 N–H and O–H groups in total. The van der Waals surface area contributed by atoms with E-state index in [4.69, 9.17) is 9.26 Å². The summed E-state index contributed by atoms with van der Waals surface area (Å²) in [6, 6.07) is 0.342. The molecular formula is C18H29N3O3. The molecule has 6 heteroatoms. The normalized spacial score (nSPS) is 25.0. The van der Waals surface area contributed by atoms with E-state index in [1.807, 2.05) is 11.9 Å². The van der Waals surface area contributed by atoms with E-state index >= 15 is 0 Å². The SMILES string of the molecule is CCO[C@H]1C[C@@H](N(C)C(=O)CCCc2nc(C)no2)C12CCCC2. The van der Waals surface area contributed by atoms with Crippen molar-refractivity contribution in [2.45, 2.75) is 77.4 Å². The number of hydrogen-bond donors (Lipinski definition) is 0. The molecule has 0 unspecified atom stereocenters. The van der Waals surface area contributed by atoms with Gasteiger partial charge in [-0.15, -0.1) is 0 Å². The van der Waals surface area contributed by atoms with Crippen molar-refractivity contribution in [3.05, 3.63) is 11.7 Å². The molecule has 0 saturated heterocycles. The molecule has 1 aromatic heterocycles. The highest BCUT2D eigenvalue weighted by Crippen LogP contribution is 2.56. The van der Waals surface area contributed by atoms with E-state index in [9.17, 15) is 4.79 Å². The van der Waals surface area contributed by atoms with Crippen LogP contribution in [0.5, 0.6) is 0 Å². The van der Waals surface area contributed by atoms with Gasteiger partial charge in [-0.3, -0.25) is 4.79 Å². The highest BCUT2D eigenvalue weighted by molar-refractivity contribution is 5.76. The number of carbonyl (C=O) groups is 1. The average Bonchev–Trinajstić information content (AvgIpc) is 3.21. The van der Waals surface area contributed by atoms with Gasteiger partial charge < -0.3 is 14.2 Å². The Bertz CT molecular complexity index is 566. The second kappa shape index (κ2) is 7.21. The second-order valence-corrected chi connectivity index (χ2v) is 7.23. The van der Waals surface area contributed by atoms with Crippen LogP contribution in [0.1, 0.15) is 63.6 Å². The minimum atomic E-state index is 0.212. The van der Waals surface area contributed by atoms with Crippen LogP contribution in [-0.2, 0) is 16.0 Å². The number of carbonyl (C=O) groups excluding carboxylic acids is 1. The van der Waals surface area contributed by atoms with Gasteiger partial charge >= 0.3 is 0 Å². The van der Waals surface area contributed by atoms with Crippen molar-refractivity contribution in [1.82, 2.24) is 15.0 Å². The lowest BCUT2D eigenvalue weighted by Crippen LogP contribution is -2.63. The van der Waals surface area contributed by atoms with Crippen LogP contribution in [0, 0.1) is 12.3 Å². The van der Waals surface area contributed by atoms with Crippen molar-refractivity contribution in [3.8, 4) is 0 Å². The molecule has 1 heterocycles. The van der Waals surface area contributed by atoms with Gasteiger partial charge in [-0.2, -0.15) is 4.98 Å². The molecule has 0 radical (unpaired) electrons. The monoisotopic (exact) mass is 335 g/mol. The zero-order valence-electron chi connectivity index (χ0n) is 15.1. The van der Waals surface area contributed by atoms with Crippen LogP contribution in [0.15, 0.2) is 4.52 Å². The lowest BCUT2D eigenvalue weighted by molar-refractivity contribution is -0.172. The molecule has 134 valence electrons. The Kier molecular flexibility index (Phi) is 5.23. The average molecular weight is 335 g/mol. The number of ether oxygens (including phenoxy) is 1. The van der Waals surface area contributed by atoms with Crippen molar-refractivity contribution < 1.29 is 14.1 Å². The number of aromatic nitrogens is 2. The summed E-state index contributed by atoms with van der Waals surface area (Å²) in [6.07, 6.45) is 8.19. The van der Waals surface area contributed by atoms with E-state index < -0.39 is 0 Å². The molecule has 2 atom stereocenters. The van der Waals surface area contributed by atoms with Crippen molar-refractivity contribution in [2.24, 2.45) is 5.41 Å². The van der Waals surface area contributed by atoms with E-state index in [-0.39, 0.29) is 11.3 Å². The van der Waals surface area contributed by atoms with Gasteiger partial charge in [0, 0.05) is 38.0 Å². The number of aryl methyl sites for hydroxylation is 2. The second-order valence-electron chi connectivity index (χ2n) is 7.23. The first kappa shape index (κ1) is 17.4. The Morgan fingerprint density at radius 3 is 2.79 bits per heavy atom. The first-order chi connectivity index (χ1) is 11.6. The van der Waals surface area contributed by atoms with Crippen molar-refractivity contribution in [3.63, 3.8) is 0 Å². The van der Waals surface area contributed by atoms with Crippen LogP contribution in [0.4, 0.5) is 0 Å². The third-order valence-electron chi connectivity index (χ3n) is 5.86. The van der Waals surface area contributed by atoms with E-state index in [1.54, 1.807) is 6.92 Å². The summed E-state index contributed by atoms with van der Waals surface area (Å²) in [5.41, 5.74) is 0.212. The first-order valence-electron chi connectivity index (χ1n) is 9.23. The third kappa shape index (κ3) is 3.21. The van der Waals surface area contributed by atoms with E-state index in [0.29, 0.717) is 36.7 Å². The number of amides is 1. The van der Waals surface area contributed by atoms with Crippen LogP contribution in [0.25, 0.3) is 0 Å². The maximum atomic E-state index is 12.6. The Labute approximate surface area is 143 Å². The predicted octanol–water partition coefficient (Wildman–Crippen LogP) is 2.90. The Morgan fingerprint density at radius 2 is 2.17 bits per heavy atom. The molecule has 0 bridgehead atoms. The minimum Gasteiger partial charge on any atom is -0.378 e. The summed E-state index contributed by atoms with van der Waals surface area (Å²) in [7, 11) is 1.96. The fourth-order valence-electron chi connectivity index (χ4n) is 4.58. The minimum absolute atomic E-state index is 0.212. The zero-order chi connectivity index (χ0) is 17.2. The topological polar surface area (TPSA) is 68.5 Å². The first-order valence-corrected chi connectivity index (χ1v) is 9.23. The van der Waals surface area contributed by atoms with E-state index in [0.717, 1.165) is 19.4 Å². The number of hydrogen-bond acceptors (Lipinski definition) is 5. The Hall–Kier alpha value is -1.43. The standard InChI is InChI=1S/C18H29N3O3/c1-4-23-15-12-14(18(15)10-5-6-11-18)21(3)17(22)9-7-8-16-19-13(2)20-24-16/h14-15H,4-12H2,1-3H3/t14-,15+/m1/s1. The molecule has 2 aliphatic rings. The highest BCUT2D eigenvalue weighted by atomic mass is 16.5. The van der Waals surface area contributed by atoms with Gasteiger partial charge in [0.15, 0.2) is 5.82 Å². The molecule has 3 rings (SSSR count). The van der Waals surface area contributed by atoms with Gasteiger partial charge in [0.25, 0.3) is 0 Å². The smallest absolute Gasteiger partial charge is 0.226 e. The summed E-state index contributed by atoms with van der Waals surface area (Å²) in [6.45, 7) is 4.63. The van der Waals surface area contributed by atoms with Gasteiger partial charge in [-0.25, -0.2) is 0 Å². The third-order valence-corrected chi connectivity index (χ3v) is 5.86. The Morgan fingerprint density at radius 1 is 1.42 bits per heavy atom. The van der Waals surface area contributed by atoms with Crippen LogP contribution in [0.3, 0.4) is 0 Å². The lowest BCUT2D eigenvalue weighted by Gasteiger charge is -2.57. The summed E-state index contributed by atoms with van der Waals surface area (Å²) >= 11 is 0. The molecule has 1 amide bonds. The van der Waals surface area contributed by atoms with Gasteiger partial charge in [0.2, 0.25) is 11.8 Å². The van der Waals surface area contributed by atoms with Gasteiger partial charge in [-0.1, -0.05) is 18.0 Å². The van der Waals surface area contributed by atoms with Gasteiger partial charge in [0.05, 0.1) is 6.10 Å². The number of rotatable bonds is 7. The summed E-state index contributed by atoms with van der Waals surface area (Å²) in [4.78, 5) is 18.8.